The molecule has 0 unspecified atom stereocenters. The van der Waals surface area contributed by atoms with Crippen LogP contribution in [0.5, 0.6) is 0 Å². The van der Waals surface area contributed by atoms with Gasteiger partial charge in [0.2, 0.25) is 5.82 Å². The molecule has 0 saturated heterocycles. The maximum atomic E-state index is 13.6. The van der Waals surface area contributed by atoms with Crippen LogP contribution in [0.1, 0.15) is 12.6 Å². The van der Waals surface area contributed by atoms with E-state index in [9.17, 15) is 35.2 Å². The molecule has 2 aromatic rings. The van der Waals surface area contributed by atoms with Crippen molar-refractivity contribution in [1.29, 1.82) is 0 Å². The zero-order chi connectivity index (χ0) is 19.6. The number of sulfonamides is 1. The third kappa shape index (κ3) is 3.93. The smallest absolute Gasteiger partial charge is 0.311 e. The highest BCUT2D eigenvalue weighted by atomic mass is 32.2. The fourth-order valence-electron chi connectivity index (χ4n) is 1.78. The Labute approximate surface area is 147 Å². The predicted octanol–water partition coefficient (Wildman–Crippen LogP) is 2.75. The van der Waals surface area contributed by atoms with Crippen LogP contribution in [0, 0.1) is 29.1 Å². The number of halogens is 5. The van der Waals surface area contributed by atoms with Crippen LogP contribution >= 0.6 is 11.3 Å². The summed E-state index contributed by atoms with van der Waals surface area (Å²) in [5, 5.41) is 0.820. The lowest BCUT2D eigenvalue weighted by Gasteiger charge is -2.09. The number of ether oxygens (including phenoxy) is 1. The van der Waals surface area contributed by atoms with E-state index in [1.54, 1.807) is 11.6 Å². The number of nitrogens with one attached hydrogen (secondary N) is 1. The second-order valence-corrected chi connectivity index (χ2v) is 7.11. The summed E-state index contributed by atoms with van der Waals surface area (Å²) in [4.78, 5) is 13.0. The lowest BCUT2D eigenvalue weighted by atomic mass is 10.3. The molecule has 0 spiro atoms. The maximum absolute atomic E-state index is 13.6. The molecule has 13 heteroatoms. The number of anilines is 1. The molecule has 26 heavy (non-hydrogen) atoms. The number of hydrogen-bond acceptors (Lipinski definition) is 6. The van der Waals surface area contributed by atoms with Crippen molar-refractivity contribution in [3.63, 3.8) is 0 Å². The van der Waals surface area contributed by atoms with Crippen molar-refractivity contribution in [1.82, 2.24) is 4.98 Å². The average molecular weight is 416 g/mol. The van der Waals surface area contributed by atoms with Crippen LogP contribution in [-0.4, -0.2) is 26.0 Å². The van der Waals surface area contributed by atoms with Crippen molar-refractivity contribution in [3.05, 3.63) is 40.2 Å². The molecular weight excluding hydrogens is 407 g/mol. The molecule has 0 saturated carbocycles. The van der Waals surface area contributed by atoms with Crippen molar-refractivity contribution < 1.29 is 39.9 Å². The molecule has 0 bridgehead atoms. The van der Waals surface area contributed by atoms with Crippen LogP contribution in [0.15, 0.2) is 10.3 Å². The van der Waals surface area contributed by atoms with Gasteiger partial charge < -0.3 is 4.74 Å². The number of nitrogens with zero attached hydrogens (tertiary/aromatic N) is 1. The third-order valence-corrected chi connectivity index (χ3v) is 5.14. The Kier molecular flexibility index (Phi) is 5.81. The number of thiazole rings is 1. The normalized spacial score (nSPS) is 11.5. The zero-order valence-electron chi connectivity index (χ0n) is 12.8. The first-order chi connectivity index (χ1) is 12.1. The van der Waals surface area contributed by atoms with E-state index in [1.807, 2.05) is 0 Å². The number of rotatable bonds is 6. The Bertz CT molecular complexity index is 933. The highest BCUT2D eigenvalue weighted by Crippen LogP contribution is 2.29. The van der Waals surface area contributed by atoms with E-state index in [0.717, 1.165) is 0 Å². The van der Waals surface area contributed by atoms with Crippen molar-refractivity contribution >= 4 is 32.5 Å². The first kappa shape index (κ1) is 20.0. The number of esters is 1. The van der Waals surface area contributed by atoms with E-state index in [4.69, 9.17) is 0 Å². The second kappa shape index (κ2) is 7.53. The van der Waals surface area contributed by atoms with E-state index in [-0.39, 0.29) is 18.7 Å². The van der Waals surface area contributed by atoms with E-state index in [0.29, 0.717) is 11.3 Å². The minimum absolute atomic E-state index is 0.0866. The standard InChI is InChI=1S/C13H9F5N2O4S2/c1-2-24-6(21)3-5-4-25-13(19-5)20-26(22,23)12-10(17)8(15)7(14)9(16)11(12)18/h4H,2-3H2,1H3,(H,19,20). The molecule has 0 radical (unpaired) electrons. The van der Waals surface area contributed by atoms with E-state index in [2.05, 4.69) is 9.72 Å². The summed E-state index contributed by atoms with van der Waals surface area (Å²) in [6.45, 7) is 1.69. The molecule has 1 aromatic heterocycles. The number of carbonyl (C=O) groups is 1. The molecule has 2 rings (SSSR count). The molecule has 1 aromatic carbocycles. The number of aromatic nitrogens is 1. The van der Waals surface area contributed by atoms with Crippen LogP contribution in [0.3, 0.4) is 0 Å². The van der Waals surface area contributed by atoms with Gasteiger partial charge in [0.1, 0.15) is 0 Å². The first-order valence-corrected chi connectivity index (χ1v) is 9.09. The third-order valence-electron chi connectivity index (χ3n) is 2.84. The van der Waals surface area contributed by atoms with Gasteiger partial charge in [-0.2, -0.15) is 0 Å². The van der Waals surface area contributed by atoms with Crippen LogP contribution in [-0.2, 0) is 26.0 Å². The van der Waals surface area contributed by atoms with Gasteiger partial charge in [0.25, 0.3) is 10.0 Å². The lowest BCUT2D eigenvalue weighted by Crippen LogP contribution is -2.19. The van der Waals surface area contributed by atoms with Crippen molar-refractivity contribution in [2.75, 3.05) is 11.3 Å². The van der Waals surface area contributed by atoms with Gasteiger partial charge in [-0.25, -0.2) is 35.4 Å². The van der Waals surface area contributed by atoms with E-state index >= 15 is 0 Å². The fraction of sp³-hybridized carbons (Fsp3) is 0.231. The number of benzene rings is 1. The Morgan fingerprint density at radius 2 is 1.65 bits per heavy atom. The quantitative estimate of drug-likeness (QED) is 0.339. The fourth-order valence-corrected chi connectivity index (χ4v) is 3.89. The molecule has 0 aliphatic heterocycles. The summed E-state index contributed by atoms with van der Waals surface area (Å²) in [5.41, 5.74) is 0.0866. The Morgan fingerprint density at radius 1 is 1.12 bits per heavy atom. The molecule has 0 aliphatic rings. The topological polar surface area (TPSA) is 85.4 Å². The SMILES string of the molecule is CCOC(=O)Cc1csc(NS(=O)(=O)c2c(F)c(F)c(F)c(F)c2F)n1. The molecule has 0 aliphatic carbocycles. The first-order valence-electron chi connectivity index (χ1n) is 6.72. The Morgan fingerprint density at radius 3 is 2.19 bits per heavy atom. The summed E-state index contributed by atoms with van der Waals surface area (Å²) in [6, 6.07) is 0. The molecule has 0 fully saturated rings. The molecule has 1 heterocycles. The molecule has 0 amide bonds. The average Bonchev–Trinajstić information content (AvgIpc) is 2.97. The Balaban J connectivity index is 2.34. The summed E-state index contributed by atoms with van der Waals surface area (Å²) in [6.07, 6.45) is -0.297. The molecule has 6 nitrogen and oxygen atoms in total. The van der Waals surface area contributed by atoms with Crippen LogP contribution in [0.2, 0.25) is 0 Å². The monoisotopic (exact) mass is 416 g/mol. The highest BCUT2D eigenvalue weighted by molar-refractivity contribution is 7.93. The number of hydrogen-bond donors (Lipinski definition) is 1. The minimum atomic E-state index is -5.18. The van der Waals surface area contributed by atoms with Gasteiger partial charge in [0.15, 0.2) is 33.3 Å². The van der Waals surface area contributed by atoms with Crippen molar-refractivity contribution in [2.45, 2.75) is 18.2 Å². The lowest BCUT2D eigenvalue weighted by molar-refractivity contribution is -0.142. The maximum Gasteiger partial charge on any atom is 0.311 e. The minimum Gasteiger partial charge on any atom is -0.466 e. The van der Waals surface area contributed by atoms with Gasteiger partial charge in [-0.1, -0.05) is 0 Å². The number of carbonyl (C=O) groups excluding carboxylic acids is 1. The van der Waals surface area contributed by atoms with Gasteiger partial charge in [0, 0.05) is 5.38 Å². The summed E-state index contributed by atoms with van der Waals surface area (Å²) in [5.74, 6) is -12.9. The largest absolute Gasteiger partial charge is 0.466 e. The van der Waals surface area contributed by atoms with Gasteiger partial charge in [0.05, 0.1) is 18.7 Å². The molecule has 142 valence electrons. The van der Waals surface area contributed by atoms with Crippen LogP contribution < -0.4 is 4.72 Å². The molecule has 1 N–H and O–H groups in total. The van der Waals surface area contributed by atoms with Crippen LogP contribution in [0.25, 0.3) is 0 Å². The van der Waals surface area contributed by atoms with Gasteiger partial charge in [-0.05, 0) is 6.92 Å². The van der Waals surface area contributed by atoms with Crippen molar-refractivity contribution in [3.8, 4) is 0 Å². The molecule has 0 atom stereocenters. The van der Waals surface area contributed by atoms with Gasteiger partial charge >= 0.3 is 5.97 Å². The zero-order valence-corrected chi connectivity index (χ0v) is 14.4. The van der Waals surface area contributed by atoms with E-state index < -0.39 is 55.1 Å². The van der Waals surface area contributed by atoms with Gasteiger partial charge in [-0.3, -0.25) is 9.52 Å². The summed E-state index contributed by atoms with van der Waals surface area (Å²) >= 11 is 0.639. The van der Waals surface area contributed by atoms with E-state index in [1.165, 1.54) is 5.38 Å². The summed E-state index contributed by atoms with van der Waals surface area (Å²) < 4.78 is 97.0. The molecular formula is C13H9F5N2O4S2. The highest BCUT2D eigenvalue weighted by Gasteiger charge is 2.34. The predicted molar refractivity (Wildman–Crippen MR) is 79.5 cm³/mol. The Hall–Kier alpha value is -2.28. The van der Waals surface area contributed by atoms with Crippen LogP contribution in [0.4, 0.5) is 27.1 Å². The van der Waals surface area contributed by atoms with Crippen molar-refractivity contribution in [2.24, 2.45) is 0 Å². The van der Waals surface area contributed by atoms with Gasteiger partial charge in [-0.15, -0.1) is 11.3 Å². The second-order valence-electron chi connectivity index (χ2n) is 4.63. The summed E-state index contributed by atoms with van der Waals surface area (Å²) in [7, 11) is -5.18.